The Bertz CT molecular complexity index is 597. The average molecular weight is 305 g/mol. The molecule has 0 unspecified atom stereocenters. The molecule has 3 rings (SSSR count). The van der Waals surface area contributed by atoms with E-state index in [1.807, 2.05) is 30.3 Å². The molecule has 7 heteroatoms. The number of carbonyl (C=O) groups excluding carboxylic acids is 1. The van der Waals surface area contributed by atoms with E-state index in [9.17, 15) is 4.79 Å². The largest absolute Gasteiger partial charge is 0.411 e. The van der Waals surface area contributed by atoms with Gasteiger partial charge in [0.05, 0.1) is 19.0 Å². The quantitative estimate of drug-likeness (QED) is 0.801. The second kappa shape index (κ2) is 6.73. The normalized spacial score (nSPS) is 15.1. The molecule has 1 aliphatic heterocycles. The summed E-state index contributed by atoms with van der Waals surface area (Å²) in [7, 11) is 0. The van der Waals surface area contributed by atoms with Gasteiger partial charge in [-0.15, -0.1) is 10.2 Å². The highest BCUT2D eigenvalue weighted by Crippen LogP contribution is 2.23. The maximum atomic E-state index is 12.0. The summed E-state index contributed by atoms with van der Waals surface area (Å²) in [6.07, 6.45) is 0. The number of amides is 1. The molecule has 6 nitrogen and oxygen atoms in total. The maximum absolute atomic E-state index is 12.0. The molecule has 0 atom stereocenters. The Kier molecular flexibility index (Phi) is 4.52. The Hall–Kier alpha value is -1.86. The predicted octanol–water partition coefficient (Wildman–Crippen LogP) is 1.69. The highest BCUT2D eigenvalue weighted by Gasteiger charge is 2.18. The lowest BCUT2D eigenvalue weighted by atomic mass is 10.2. The molecule has 110 valence electrons. The number of rotatable bonds is 4. The number of aromatic nitrogens is 2. The molecule has 1 aromatic carbocycles. The van der Waals surface area contributed by atoms with Crippen molar-refractivity contribution in [2.45, 2.75) is 5.22 Å². The van der Waals surface area contributed by atoms with Crippen LogP contribution >= 0.6 is 11.8 Å². The van der Waals surface area contributed by atoms with Gasteiger partial charge in [0.1, 0.15) is 0 Å². The fourth-order valence-corrected chi connectivity index (χ4v) is 2.66. The van der Waals surface area contributed by atoms with Crippen LogP contribution in [0, 0.1) is 0 Å². The molecule has 1 saturated heterocycles. The minimum absolute atomic E-state index is 0.0720. The third-order valence-corrected chi connectivity index (χ3v) is 3.91. The van der Waals surface area contributed by atoms with Gasteiger partial charge in [-0.2, -0.15) is 0 Å². The van der Waals surface area contributed by atoms with E-state index in [0.717, 1.165) is 5.56 Å². The van der Waals surface area contributed by atoms with Crippen molar-refractivity contribution in [1.82, 2.24) is 15.1 Å². The van der Waals surface area contributed by atoms with Crippen LogP contribution in [0.5, 0.6) is 0 Å². The summed E-state index contributed by atoms with van der Waals surface area (Å²) in [5, 5.41) is 8.37. The van der Waals surface area contributed by atoms with E-state index in [1.165, 1.54) is 11.8 Å². The Morgan fingerprint density at radius 3 is 2.71 bits per heavy atom. The van der Waals surface area contributed by atoms with Crippen LogP contribution in [-0.4, -0.2) is 53.1 Å². The van der Waals surface area contributed by atoms with Crippen LogP contribution in [0.3, 0.4) is 0 Å². The summed E-state index contributed by atoms with van der Waals surface area (Å²) in [6.45, 7) is 2.52. The molecule has 21 heavy (non-hydrogen) atoms. The summed E-state index contributed by atoms with van der Waals surface area (Å²) in [6, 6.07) is 9.56. The fraction of sp³-hybridized carbons (Fsp3) is 0.357. The van der Waals surface area contributed by atoms with Crippen LogP contribution in [0.15, 0.2) is 40.0 Å². The lowest BCUT2D eigenvalue weighted by Crippen LogP contribution is -2.41. The Morgan fingerprint density at radius 2 is 1.95 bits per heavy atom. The molecule has 0 bridgehead atoms. The van der Waals surface area contributed by atoms with Gasteiger partial charge in [0, 0.05) is 18.7 Å². The third-order valence-electron chi connectivity index (χ3n) is 3.11. The van der Waals surface area contributed by atoms with Crippen molar-refractivity contribution in [1.29, 1.82) is 0 Å². The van der Waals surface area contributed by atoms with Gasteiger partial charge in [-0.1, -0.05) is 30.0 Å². The van der Waals surface area contributed by atoms with E-state index >= 15 is 0 Å². The van der Waals surface area contributed by atoms with Crippen LogP contribution in [0.25, 0.3) is 11.5 Å². The SMILES string of the molecule is O=C(CSc1nnc(-c2ccccc2)o1)N1CCOCC1. The fourth-order valence-electron chi connectivity index (χ4n) is 1.99. The van der Waals surface area contributed by atoms with Gasteiger partial charge in [-0.05, 0) is 12.1 Å². The van der Waals surface area contributed by atoms with Crippen LogP contribution in [0.2, 0.25) is 0 Å². The molecule has 2 heterocycles. The van der Waals surface area contributed by atoms with Crippen LogP contribution in [-0.2, 0) is 9.53 Å². The first kappa shape index (κ1) is 14.1. The number of hydrogen-bond donors (Lipinski definition) is 0. The molecule has 1 amide bonds. The van der Waals surface area contributed by atoms with E-state index < -0.39 is 0 Å². The first-order valence-electron chi connectivity index (χ1n) is 6.70. The smallest absolute Gasteiger partial charge is 0.277 e. The van der Waals surface area contributed by atoms with Gasteiger partial charge in [-0.25, -0.2) is 0 Å². The molecule has 1 fully saturated rings. The monoisotopic (exact) mass is 305 g/mol. The molecule has 2 aromatic rings. The minimum atomic E-state index is 0.0720. The Morgan fingerprint density at radius 1 is 1.19 bits per heavy atom. The van der Waals surface area contributed by atoms with Crippen molar-refractivity contribution < 1.29 is 13.9 Å². The van der Waals surface area contributed by atoms with Gasteiger partial charge >= 0.3 is 0 Å². The number of carbonyl (C=O) groups is 1. The zero-order chi connectivity index (χ0) is 14.5. The number of nitrogens with zero attached hydrogens (tertiary/aromatic N) is 3. The number of hydrogen-bond acceptors (Lipinski definition) is 6. The molecule has 0 spiro atoms. The lowest BCUT2D eigenvalue weighted by Gasteiger charge is -2.26. The number of benzene rings is 1. The van der Waals surface area contributed by atoms with Crippen molar-refractivity contribution in [2.75, 3.05) is 32.1 Å². The first-order chi connectivity index (χ1) is 10.3. The van der Waals surface area contributed by atoms with Crippen molar-refractivity contribution in [3.05, 3.63) is 30.3 Å². The predicted molar refractivity (Wildman–Crippen MR) is 77.9 cm³/mol. The lowest BCUT2D eigenvalue weighted by molar-refractivity contribution is -0.132. The summed E-state index contributed by atoms with van der Waals surface area (Å²) >= 11 is 1.27. The van der Waals surface area contributed by atoms with E-state index in [2.05, 4.69) is 10.2 Å². The standard InChI is InChI=1S/C14H15N3O3S/c18-12(17-6-8-19-9-7-17)10-21-14-16-15-13(20-14)11-4-2-1-3-5-11/h1-5H,6-10H2. The van der Waals surface area contributed by atoms with E-state index in [-0.39, 0.29) is 5.91 Å². The van der Waals surface area contributed by atoms with Gasteiger partial charge < -0.3 is 14.1 Å². The Labute approximate surface area is 126 Å². The molecule has 0 saturated carbocycles. The van der Waals surface area contributed by atoms with E-state index in [0.29, 0.717) is 43.2 Å². The number of ether oxygens (including phenoxy) is 1. The van der Waals surface area contributed by atoms with Gasteiger partial charge in [0.2, 0.25) is 11.8 Å². The van der Waals surface area contributed by atoms with Crippen molar-refractivity contribution >= 4 is 17.7 Å². The topological polar surface area (TPSA) is 68.5 Å². The maximum Gasteiger partial charge on any atom is 0.277 e. The third kappa shape index (κ3) is 3.62. The van der Waals surface area contributed by atoms with Crippen molar-refractivity contribution in [3.8, 4) is 11.5 Å². The van der Waals surface area contributed by atoms with Gasteiger partial charge in [-0.3, -0.25) is 4.79 Å². The minimum Gasteiger partial charge on any atom is -0.411 e. The number of thioether (sulfide) groups is 1. The molecule has 0 aliphatic carbocycles. The second-order valence-electron chi connectivity index (χ2n) is 4.52. The second-order valence-corrected chi connectivity index (χ2v) is 5.45. The van der Waals surface area contributed by atoms with Crippen LogP contribution < -0.4 is 0 Å². The van der Waals surface area contributed by atoms with Gasteiger partial charge in [0.15, 0.2) is 0 Å². The number of morpholine rings is 1. The highest BCUT2D eigenvalue weighted by atomic mass is 32.2. The summed E-state index contributed by atoms with van der Waals surface area (Å²) in [4.78, 5) is 13.8. The molecular formula is C14H15N3O3S. The summed E-state index contributed by atoms with van der Waals surface area (Å²) in [5.74, 6) is 0.843. The molecule has 0 radical (unpaired) electrons. The van der Waals surface area contributed by atoms with E-state index in [1.54, 1.807) is 4.90 Å². The van der Waals surface area contributed by atoms with E-state index in [4.69, 9.17) is 9.15 Å². The van der Waals surface area contributed by atoms with Crippen molar-refractivity contribution in [3.63, 3.8) is 0 Å². The van der Waals surface area contributed by atoms with Crippen LogP contribution in [0.1, 0.15) is 0 Å². The summed E-state index contributed by atoms with van der Waals surface area (Å²) < 4.78 is 10.8. The highest BCUT2D eigenvalue weighted by molar-refractivity contribution is 7.99. The molecule has 1 aromatic heterocycles. The molecular weight excluding hydrogens is 290 g/mol. The average Bonchev–Trinajstić information content (AvgIpc) is 3.03. The van der Waals surface area contributed by atoms with Gasteiger partial charge in [0.25, 0.3) is 5.22 Å². The first-order valence-corrected chi connectivity index (χ1v) is 7.69. The molecule has 1 aliphatic rings. The van der Waals surface area contributed by atoms with Crippen molar-refractivity contribution in [2.24, 2.45) is 0 Å². The summed E-state index contributed by atoms with van der Waals surface area (Å²) in [5.41, 5.74) is 0.872. The van der Waals surface area contributed by atoms with Crippen LogP contribution in [0.4, 0.5) is 0 Å². The zero-order valence-corrected chi connectivity index (χ0v) is 12.2. The zero-order valence-electron chi connectivity index (χ0n) is 11.4. The molecule has 0 N–H and O–H groups in total. The Balaban J connectivity index is 1.56.